The van der Waals surface area contributed by atoms with Crippen molar-refractivity contribution in [2.45, 2.75) is 15.2 Å². The first-order valence-corrected chi connectivity index (χ1v) is 15.3. The Morgan fingerprint density at radius 1 is 0.381 bits per heavy atom. The molecule has 0 amide bonds. The lowest BCUT2D eigenvalue weighted by Crippen LogP contribution is -2.28. The third-order valence-electron chi connectivity index (χ3n) is 9.17. The van der Waals surface area contributed by atoms with Gasteiger partial charge in [-0.2, -0.15) is 0 Å². The quantitative estimate of drug-likeness (QED) is 0.211. The highest BCUT2D eigenvalue weighted by Gasteiger charge is 2.45. The van der Waals surface area contributed by atoms with Crippen LogP contribution in [0.3, 0.4) is 0 Å². The summed E-state index contributed by atoms with van der Waals surface area (Å²) in [7, 11) is 0. The lowest BCUT2D eigenvalue weighted by atomic mass is 9.67. The van der Waals surface area contributed by atoms with Gasteiger partial charge in [-0.1, -0.05) is 151 Å². The molecule has 196 valence electrons. The molecule has 9 rings (SSSR count). The Balaban J connectivity index is 1.21. The Bertz CT molecular complexity index is 2100. The molecule has 1 aliphatic carbocycles. The Hall–Kier alpha value is -4.85. The topological polar surface area (TPSA) is 0 Å². The van der Waals surface area contributed by atoms with E-state index in [2.05, 4.69) is 158 Å². The van der Waals surface area contributed by atoms with Gasteiger partial charge in [0.25, 0.3) is 0 Å². The molecule has 0 aromatic heterocycles. The Kier molecular flexibility index (Phi) is 5.15. The first-order valence-electron chi connectivity index (χ1n) is 14.5. The number of hydrogen-bond donors (Lipinski definition) is 0. The van der Waals surface area contributed by atoms with Gasteiger partial charge in [-0.25, -0.2) is 0 Å². The van der Waals surface area contributed by atoms with E-state index in [1.807, 2.05) is 11.8 Å². The van der Waals surface area contributed by atoms with E-state index in [4.69, 9.17) is 0 Å². The lowest BCUT2D eigenvalue weighted by molar-refractivity contribution is 0.768. The van der Waals surface area contributed by atoms with Crippen molar-refractivity contribution in [3.8, 4) is 33.4 Å². The third kappa shape index (κ3) is 3.26. The first kappa shape index (κ1) is 23.8. The lowest BCUT2D eigenvalue weighted by Gasteiger charge is -2.34. The standard InChI is InChI=1S/C41H26S/c1-2-12-30(13-3-1)41(36-17-6-4-14-32(36)33-15-5-7-18-37(33)41)31-23-20-27(21-24-31)29-22-25-38-35(26-29)34-16-8-10-28-11-9-19-39(42-38)40(28)34/h1-26H. The number of benzene rings is 7. The van der Waals surface area contributed by atoms with E-state index in [0.29, 0.717) is 0 Å². The summed E-state index contributed by atoms with van der Waals surface area (Å²) in [4.78, 5) is 2.67. The maximum absolute atomic E-state index is 2.38. The zero-order valence-corrected chi connectivity index (χ0v) is 23.7. The molecule has 0 N–H and O–H groups in total. The molecule has 0 saturated carbocycles. The van der Waals surface area contributed by atoms with Crippen molar-refractivity contribution >= 4 is 22.5 Å². The number of fused-ring (bicyclic) bond motifs is 5. The molecule has 1 heterocycles. The van der Waals surface area contributed by atoms with Gasteiger partial charge in [-0.15, -0.1) is 0 Å². The molecule has 7 aromatic carbocycles. The normalized spacial score (nSPS) is 13.8. The molecule has 0 unspecified atom stereocenters. The minimum absolute atomic E-state index is 0.362. The molecular weight excluding hydrogens is 525 g/mol. The first-order chi connectivity index (χ1) is 20.8. The van der Waals surface area contributed by atoms with Gasteiger partial charge in [0.05, 0.1) is 5.41 Å². The second-order valence-corrected chi connectivity index (χ2v) is 12.3. The molecule has 1 aliphatic heterocycles. The second-order valence-electron chi connectivity index (χ2n) is 11.3. The van der Waals surface area contributed by atoms with Gasteiger partial charge in [0.1, 0.15) is 0 Å². The van der Waals surface area contributed by atoms with E-state index in [9.17, 15) is 0 Å². The summed E-state index contributed by atoms with van der Waals surface area (Å²) in [6, 6.07) is 58.5. The van der Waals surface area contributed by atoms with Crippen molar-refractivity contribution in [2.75, 3.05) is 0 Å². The van der Waals surface area contributed by atoms with Crippen molar-refractivity contribution in [1.82, 2.24) is 0 Å². The van der Waals surface area contributed by atoms with Crippen molar-refractivity contribution in [3.63, 3.8) is 0 Å². The number of rotatable bonds is 3. The molecule has 0 nitrogen and oxygen atoms in total. The Morgan fingerprint density at radius 2 is 0.976 bits per heavy atom. The summed E-state index contributed by atoms with van der Waals surface area (Å²) in [6.07, 6.45) is 0. The fourth-order valence-corrected chi connectivity index (χ4v) is 8.50. The minimum Gasteiger partial charge on any atom is -0.0888 e. The predicted molar refractivity (Wildman–Crippen MR) is 176 cm³/mol. The van der Waals surface area contributed by atoms with Crippen LogP contribution in [-0.4, -0.2) is 0 Å². The summed E-state index contributed by atoms with van der Waals surface area (Å²) in [5.74, 6) is 0. The second kappa shape index (κ2) is 9.08. The fraction of sp³-hybridized carbons (Fsp3) is 0.0244. The highest BCUT2D eigenvalue weighted by Crippen LogP contribution is 2.56. The van der Waals surface area contributed by atoms with Crippen molar-refractivity contribution in [2.24, 2.45) is 0 Å². The van der Waals surface area contributed by atoms with Crippen molar-refractivity contribution < 1.29 is 0 Å². The van der Waals surface area contributed by atoms with Crippen molar-refractivity contribution in [3.05, 3.63) is 180 Å². The fourth-order valence-electron chi connectivity index (χ4n) is 7.37. The van der Waals surface area contributed by atoms with Gasteiger partial charge in [0, 0.05) is 15.2 Å². The third-order valence-corrected chi connectivity index (χ3v) is 10.3. The van der Waals surface area contributed by atoms with Crippen LogP contribution in [0.15, 0.2) is 168 Å². The maximum Gasteiger partial charge on any atom is 0.0713 e. The number of hydrogen-bond acceptors (Lipinski definition) is 1. The zero-order chi connectivity index (χ0) is 27.7. The summed E-state index contributed by atoms with van der Waals surface area (Å²) in [5.41, 5.74) is 12.7. The molecule has 0 fully saturated rings. The molecule has 0 radical (unpaired) electrons. The van der Waals surface area contributed by atoms with Crippen LogP contribution in [0, 0.1) is 0 Å². The predicted octanol–water partition coefficient (Wildman–Crippen LogP) is 11.0. The molecular formula is C41H26S. The van der Waals surface area contributed by atoms with Gasteiger partial charge in [0.15, 0.2) is 0 Å². The highest BCUT2D eigenvalue weighted by atomic mass is 32.2. The summed E-state index contributed by atoms with van der Waals surface area (Å²) >= 11 is 1.88. The maximum atomic E-state index is 2.38. The summed E-state index contributed by atoms with van der Waals surface area (Å²) < 4.78 is 0. The summed E-state index contributed by atoms with van der Waals surface area (Å²) in [6.45, 7) is 0. The van der Waals surface area contributed by atoms with E-state index in [1.165, 1.54) is 76.2 Å². The van der Waals surface area contributed by atoms with Gasteiger partial charge < -0.3 is 0 Å². The van der Waals surface area contributed by atoms with Crippen LogP contribution in [0.2, 0.25) is 0 Å². The molecule has 0 bridgehead atoms. The Morgan fingerprint density at radius 3 is 1.71 bits per heavy atom. The van der Waals surface area contributed by atoms with E-state index >= 15 is 0 Å². The van der Waals surface area contributed by atoms with Crippen LogP contribution in [0.25, 0.3) is 44.2 Å². The molecule has 0 atom stereocenters. The van der Waals surface area contributed by atoms with Crippen LogP contribution in [-0.2, 0) is 5.41 Å². The van der Waals surface area contributed by atoms with E-state index in [0.717, 1.165) is 0 Å². The van der Waals surface area contributed by atoms with E-state index < -0.39 is 0 Å². The van der Waals surface area contributed by atoms with Gasteiger partial charge in [0.2, 0.25) is 0 Å². The van der Waals surface area contributed by atoms with Crippen LogP contribution in [0.4, 0.5) is 0 Å². The SMILES string of the molecule is c1ccc(C2(c3ccc(-c4ccc5c(c4)-c4cccc6cccc(c46)S5)cc3)c3ccccc3-c3ccccc32)cc1. The highest BCUT2D eigenvalue weighted by molar-refractivity contribution is 7.99. The van der Waals surface area contributed by atoms with Crippen LogP contribution in [0.5, 0.6) is 0 Å². The van der Waals surface area contributed by atoms with E-state index in [-0.39, 0.29) is 5.41 Å². The van der Waals surface area contributed by atoms with E-state index in [1.54, 1.807) is 0 Å². The van der Waals surface area contributed by atoms with Gasteiger partial charge in [-0.3, -0.25) is 0 Å². The zero-order valence-electron chi connectivity index (χ0n) is 22.9. The molecule has 0 spiro atoms. The molecule has 2 aliphatic rings. The molecule has 0 saturated heterocycles. The average molecular weight is 551 g/mol. The van der Waals surface area contributed by atoms with Crippen LogP contribution < -0.4 is 0 Å². The monoisotopic (exact) mass is 550 g/mol. The van der Waals surface area contributed by atoms with Crippen LogP contribution >= 0.6 is 11.8 Å². The molecule has 7 aromatic rings. The van der Waals surface area contributed by atoms with Crippen molar-refractivity contribution in [1.29, 1.82) is 0 Å². The largest absolute Gasteiger partial charge is 0.0888 e. The minimum atomic E-state index is -0.362. The smallest absolute Gasteiger partial charge is 0.0713 e. The molecule has 1 heteroatoms. The molecule has 42 heavy (non-hydrogen) atoms. The Labute approximate surface area is 250 Å². The van der Waals surface area contributed by atoms with Crippen LogP contribution in [0.1, 0.15) is 22.3 Å². The van der Waals surface area contributed by atoms with Gasteiger partial charge in [-0.05, 0) is 79.2 Å². The average Bonchev–Trinajstić information content (AvgIpc) is 3.37. The summed E-state index contributed by atoms with van der Waals surface area (Å²) in [5, 5.41) is 2.68. The van der Waals surface area contributed by atoms with Gasteiger partial charge >= 0.3 is 0 Å².